The van der Waals surface area contributed by atoms with Gasteiger partial charge in [0.1, 0.15) is 5.60 Å². The van der Waals surface area contributed by atoms with Crippen molar-refractivity contribution in [1.29, 1.82) is 0 Å². The minimum atomic E-state index is -0.566. The van der Waals surface area contributed by atoms with Crippen LogP contribution < -0.4 is 5.32 Å². The maximum atomic E-state index is 13.3. The summed E-state index contributed by atoms with van der Waals surface area (Å²) in [5, 5.41) is 5.52. The lowest BCUT2D eigenvalue weighted by molar-refractivity contribution is 0.0452. The molecule has 8 heteroatoms. The maximum absolute atomic E-state index is 13.3. The van der Waals surface area contributed by atoms with Crippen molar-refractivity contribution in [3.63, 3.8) is 0 Å². The average molecular weight is 554 g/mol. The van der Waals surface area contributed by atoms with Crippen molar-refractivity contribution < 1.29 is 14.3 Å². The first-order chi connectivity index (χ1) is 17.8. The predicted octanol–water partition coefficient (Wildman–Crippen LogP) is 7.56. The summed E-state index contributed by atoms with van der Waals surface area (Å²) in [6.07, 6.45) is 3.01. The number of benzene rings is 1. The molecule has 2 amide bonds. The van der Waals surface area contributed by atoms with E-state index in [1.165, 1.54) is 0 Å². The van der Waals surface area contributed by atoms with Crippen LogP contribution >= 0.6 is 22.9 Å². The Kier molecular flexibility index (Phi) is 8.19. The molecular formula is C30H36ClN3O3S. The first kappa shape index (κ1) is 28.1. The molecule has 1 fully saturated rings. The fourth-order valence-corrected chi connectivity index (χ4v) is 5.64. The SMILES string of the molecule is CC(C)(C)OC(=O)N[C@@H]1CCCN(C(=O)c2ccc(-c3csc(-c4ccnc(C(C)(C)C)c4)c3)c(Cl)c2)C1. The van der Waals surface area contributed by atoms with E-state index in [0.29, 0.717) is 23.7 Å². The van der Waals surface area contributed by atoms with Crippen LogP contribution in [0.25, 0.3) is 21.6 Å². The van der Waals surface area contributed by atoms with E-state index in [1.54, 1.807) is 22.3 Å². The van der Waals surface area contributed by atoms with Crippen molar-refractivity contribution in [3.8, 4) is 21.6 Å². The van der Waals surface area contributed by atoms with E-state index in [2.05, 4.69) is 48.6 Å². The summed E-state index contributed by atoms with van der Waals surface area (Å²) in [6, 6.07) is 11.6. The molecule has 6 nitrogen and oxygen atoms in total. The monoisotopic (exact) mass is 553 g/mol. The van der Waals surface area contributed by atoms with Gasteiger partial charge in [0.15, 0.2) is 0 Å². The smallest absolute Gasteiger partial charge is 0.407 e. The fourth-order valence-electron chi connectivity index (χ4n) is 4.44. The molecule has 1 saturated heterocycles. The Balaban J connectivity index is 1.46. The number of carbonyl (C=O) groups is 2. The molecule has 2 aromatic heterocycles. The Hall–Kier alpha value is -2.90. The highest BCUT2D eigenvalue weighted by molar-refractivity contribution is 7.14. The van der Waals surface area contributed by atoms with E-state index in [0.717, 1.165) is 40.1 Å². The van der Waals surface area contributed by atoms with Gasteiger partial charge in [0, 0.05) is 57.5 Å². The van der Waals surface area contributed by atoms with Crippen molar-refractivity contribution in [2.45, 2.75) is 71.4 Å². The number of likely N-dealkylation sites (tertiary alicyclic amines) is 1. The molecule has 0 spiro atoms. The molecule has 0 aliphatic carbocycles. The zero-order valence-corrected chi connectivity index (χ0v) is 24.5. The fraction of sp³-hybridized carbons (Fsp3) is 0.433. The Labute approximate surface area is 234 Å². The summed E-state index contributed by atoms with van der Waals surface area (Å²) in [5.74, 6) is -0.0911. The summed E-state index contributed by atoms with van der Waals surface area (Å²) in [4.78, 5) is 32.9. The van der Waals surface area contributed by atoms with E-state index < -0.39 is 11.7 Å². The second kappa shape index (κ2) is 11.1. The third-order valence-corrected chi connectivity index (χ3v) is 7.66. The highest BCUT2D eigenvalue weighted by Gasteiger charge is 2.27. The number of piperidine rings is 1. The van der Waals surface area contributed by atoms with Gasteiger partial charge in [-0.2, -0.15) is 0 Å². The number of ether oxygens (including phenoxy) is 1. The number of nitrogens with one attached hydrogen (secondary N) is 1. The maximum Gasteiger partial charge on any atom is 0.407 e. The van der Waals surface area contributed by atoms with Crippen LogP contribution in [0.1, 0.15) is 70.4 Å². The number of carbonyl (C=O) groups excluding carboxylic acids is 2. The molecule has 4 rings (SSSR count). The number of amides is 2. The molecule has 0 bridgehead atoms. The Morgan fingerprint density at radius 2 is 1.84 bits per heavy atom. The number of hydrogen-bond donors (Lipinski definition) is 1. The van der Waals surface area contributed by atoms with Gasteiger partial charge >= 0.3 is 6.09 Å². The lowest BCUT2D eigenvalue weighted by Crippen LogP contribution is -2.50. The molecule has 38 heavy (non-hydrogen) atoms. The Morgan fingerprint density at radius 3 is 2.53 bits per heavy atom. The molecule has 0 unspecified atom stereocenters. The second-order valence-corrected chi connectivity index (χ2v) is 13.1. The number of hydrogen-bond acceptors (Lipinski definition) is 5. The van der Waals surface area contributed by atoms with Crippen molar-refractivity contribution in [2.24, 2.45) is 0 Å². The van der Waals surface area contributed by atoms with Crippen LogP contribution in [0.4, 0.5) is 4.79 Å². The van der Waals surface area contributed by atoms with Gasteiger partial charge in [-0.3, -0.25) is 9.78 Å². The molecule has 1 aliphatic rings. The molecule has 0 radical (unpaired) electrons. The van der Waals surface area contributed by atoms with Crippen LogP contribution in [0.15, 0.2) is 48.0 Å². The van der Waals surface area contributed by atoms with Gasteiger partial charge in [0.05, 0.1) is 0 Å². The van der Waals surface area contributed by atoms with Crippen LogP contribution in [-0.4, -0.2) is 46.6 Å². The van der Waals surface area contributed by atoms with Crippen LogP contribution in [0.5, 0.6) is 0 Å². The normalized spacial score (nSPS) is 16.3. The van der Waals surface area contributed by atoms with Crippen LogP contribution in [0.3, 0.4) is 0 Å². The van der Waals surface area contributed by atoms with Crippen molar-refractivity contribution in [3.05, 3.63) is 64.3 Å². The van der Waals surface area contributed by atoms with Gasteiger partial charge in [-0.25, -0.2) is 4.79 Å². The van der Waals surface area contributed by atoms with Gasteiger partial charge in [0.2, 0.25) is 0 Å². The highest BCUT2D eigenvalue weighted by Crippen LogP contribution is 2.37. The summed E-state index contributed by atoms with van der Waals surface area (Å²) in [7, 11) is 0. The van der Waals surface area contributed by atoms with E-state index in [-0.39, 0.29) is 17.4 Å². The number of pyridine rings is 1. The number of rotatable bonds is 4. The average Bonchev–Trinajstić information content (AvgIpc) is 3.32. The number of nitrogens with zero attached hydrogens (tertiary/aromatic N) is 2. The van der Waals surface area contributed by atoms with Gasteiger partial charge < -0.3 is 15.0 Å². The summed E-state index contributed by atoms with van der Waals surface area (Å²) in [6.45, 7) is 13.0. The van der Waals surface area contributed by atoms with Crippen LogP contribution in [-0.2, 0) is 10.2 Å². The van der Waals surface area contributed by atoms with Crippen molar-refractivity contribution in [1.82, 2.24) is 15.2 Å². The Morgan fingerprint density at radius 1 is 1.08 bits per heavy atom. The van der Waals surface area contributed by atoms with Crippen molar-refractivity contribution in [2.75, 3.05) is 13.1 Å². The molecule has 1 aliphatic heterocycles. The molecule has 202 valence electrons. The van der Waals surface area contributed by atoms with E-state index >= 15 is 0 Å². The summed E-state index contributed by atoms with van der Waals surface area (Å²) < 4.78 is 5.37. The number of halogens is 1. The lowest BCUT2D eigenvalue weighted by Gasteiger charge is -2.33. The molecule has 1 aromatic carbocycles. The topological polar surface area (TPSA) is 71.5 Å². The van der Waals surface area contributed by atoms with Gasteiger partial charge in [-0.05, 0) is 80.5 Å². The lowest BCUT2D eigenvalue weighted by atomic mass is 9.90. The first-order valence-corrected chi connectivity index (χ1v) is 14.2. The van der Waals surface area contributed by atoms with Gasteiger partial charge in [0.25, 0.3) is 5.91 Å². The van der Waals surface area contributed by atoms with Gasteiger partial charge in [-0.1, -0.05) is 38.4 Å². The molecule has 1 N–H and O–H groups in total. The third kappa shape index (κ3) is 6.94. The largest absolute Gasteiger partial charge is 0.444 e. The summed E-state index contributed by atoms with van der Waals surface area (Å²) in [5.41, 5.74) is 4.03. The number of alkyl carbamates (subject to hydrolysis) is 1. The molecule has 3 heterocycles. The quantitative estimate of drug-likeness (QED) is 0.362. The zero-order valence-electron chi connectivity index (χ0n) is 22.9. The minimum Gasteiger partial charge on any atom is -0.444 e. The van der Waals surface area contributed by atoms with Gasteiger partial charge in [-0.15, -0.1) is 11.3 Å². The first-order valence-electron chi connectivity index (χ1n) is 12.9. The van der Waals surface area contributed by atoms with E-state index in [9.17, 15) is 9.59 Å². The minimum absolute atomic E-state index is 0.0258. The zero-order chi connectivity index (χ0) is 27.7. The Bertz CT molecular complexity index is 1320. The third-order valence-electron chi connectivity index (χ3n) is 6.37. The van der Waals surface area contributed by atoms with E-state index in [1.807, 2.05) is 45.2 Å². The summed E-state index contributed by atoms with van der Waals surface area (Å²) >= 11 is 8.36. The standard InChI is InChI=1S/C30H36ClN3O3S/c1-29(2,3)26-16-19(11-12-32-26)25-15-21(18-38-25)23-10-9-20(14-24(23)31)27(35)34-13-7-8-22(17-34)33-28(36)37-30(4,5)6/h9-12,14-16,18,22H,7-8,13,17H2,1-6H3,(H,33,36)/t22-/m1/s1. The second-order valence-electron chi connectivity index (χ2n) is 11.8. The molecule has 1 atom stereocenters. The van der Waals surface area contributed by atoms with Crippen LogP contribution in [0.2, 0.25) is 5.02 Å². The highest BCUT2D eigenvalue weighted by atomic mass is 35.5. The van der Waals surface area contributed by atoms with Crippen molar-refractivity contribution >= 4 is 34.9 Å². The molecule has 0 saturated carbocycles. The number of thiophene rings is 1. The number of aromatic nitrogens is 1. The molecule has 3 aromatic rings. The van der Waals surface area contributed by atoms with Crippen LogP contribution in [0, 0.1) is 0 Å². The molecular weight excluding hydrogens is 518 g/mol. The van der Waals surface area contributed by atoms with E-state index in [4.69, 9.17) is 16.3 Å². The predicted molar refractivity (Wildman–Crippen MR) is 155 cm³/mol.